The average Bonchev–Trinajstić information content (AvgIpc) is 2.39. The molecule has 0 aliphatic rings. The average molecular weight is 267 g/mol. The third kappa shape index (κ3) is 5.70. The van der Waals surface area contributed by atoms with Crippen LogP contribution >= 0.6 is 0 Å². The molecule has 0 fully saturated rings. The van der Waals surface area contributed by atoms with Crippen LogP contribution < -0.4 is 5.73 Å². The minimum atomic E-state index is -0.229. The molecule has 19 heavy (non-hydrogen) atoms. The second kappa shape index (κ2) is 8.28. The summed E-state index contributed by atoms with van der Waals surface area (Å²) in [6, 6.07) is 6.39. The van der Waals surface area contributed by atoms with E-state index in [1.54, 1.807) is 12.1 Å². The van der Waals surface area contributed by atoms with Gasteiger partial charge in [0.2, 0.25) is 0 Å². The highest BCUT2D eigenvalue weighted by atomic mass is 19.1. The summed E-state index contributed by atoms with van der Waals surface area (Å²) in [7, 11) is 0. The molecule has 0 aliphatic carbocycles. The fourth-order valence-corrected chi connectivity index (χ4v) is 2.04. The van der Waals surface area contributed by atoms with Gasteiger partial charge in [-0.1, -0.05) is 32.9 Å². The van der Waals surface area contributed by atoms with Crippen LogP contribution in [0.5, 0.6) is 0 Å². The van der Waals surface area contributed by atoms with Gasteiger partial charge in [-0.15, -0.1) is 0 Å². The SMILES string of the molecule is CCC(N)C(OCCCC(C)C)c1ccc(F)cc1. The monoisotopic (exact) mass is 267 g/mol. The van der Waals surface area contributed by atoms with E-state index in [0.717, 1.165) is 24.8 Å². The molecule has 0 bridgehead atoms. The van der Waals surface area contributed by atoms with Gasteiger partial charge in [-0.05, 0) is 42.9 Å². The van der Waals surface area contributed by atoms with Crippen molar-refractivity contribution in [3.63, 3.8) is 0 Å². The van der Waals surface area contributed by atoms with Crippen molar-refractivity contribution in [2.75, 3.05) is 6.61 Å². The van der Waals surface area contributed by atoms with Gasteiger partial charge in [0.25, 0.3) is 0 Å². The maximum absolute atomic E-state index is 13.0. The van der Waals surface area contributed by atoms with Gasteiger partial charge in [0.05, 0.1) is 6.10 Å². The lowest BCUT2D eigenvalue weighted by Crippen LogP contribution is -2.29. The van der Waals surface area contributed by atoms with E-state index < -0.39 is 0 Å². The molecule has 1 aromatic carbocycles. The van der Waals surface area contributed by atoms with Crippen LogP contribution in [-0.2, 0) is 4.74 Å². The lowest BCUT2D eigenvalue weighted by molar-refractivity contribution is 0.0301. The quantitative estimate of drug-likeness (QED) is 0.721. The first-order valence-electron chi connectivity index (χ1n) is 7.17. The third-order valence-corrected chi connectivity index (χ3v) is 3.28. The Hall–Kier alpha value is -0.930. The summed E-state index contributed by atoms with van der Waals surface area (Å²) >= 11 is 0. The number of hydrogen-bond acceptors (Lipinski definition) is 2. The summed E-state index contributed by atoms with van der Waals surface area (Å²) in [5.41, 5.74) is 7.07. The predicted molar refractivity (Wildman–Crippen MR) is 77.4 cm³/mol. The Labute approximate surface area is 116 Å². The van der Waals surface area contributed by atoms with Gasteiger partial charge in [0.1, 0.15) is 5.82 Å². The van der Waals surface area contributed by atoms with Crippen molar-refractivity contribution >= 4 is 0 Å². The predicted octanol–water partition coefficient (Wildman–Crippen LogP) is 4.06. The molecule has 0 heterocycles. The van der Waals surface area contributed by atoms with Crippen LogP contribution in [0.25, 0.3) is 0 Å². The standard InChI is InChI=1S/C16H26FNO/c1-4-15(18)16(19-11-5-6-12(2)3)13-7-9-14(17)10-8-13/h7-10,12,15-16H,4-6,11,18H2,1-3H3. The summed E-state index contributed by atoms with van der Waals surface area (Å²) < 4.78 is 18.9. The van der Waals surface area contributed by atoms with Crippen molar-refractivity contribution in [1.82, 2.24) is 0 Å². The summed E-state index contributed by atoms with van der Waals surface area (Å²) in [6.45, 7) is 7.15. The van der Waals surface area contributed by atoms with Gasteiger partial charge in [0.15, 0.2) is 0 Å². The maximum atomic E-state index is 13.0. The minimum absolute atomic E-state index is 0.0514. The lowest BCUT2D eigenvalue weighted by Gasteiger charge is -2.24. The highest BCUT2D eigenvalue weighted by Gasteiger charge is 2.19. The molecule has 1 rings (SSSR count). The van der Waals surface area contributed by atoms with E-state index in [1.807, 2.05) is 6.92 Å². The normalized spacial score (nSPS) is 14.6. The zero-order chi connectivity index (χ0) is 14.3. The Kier molecular flexibility index (Phi) is 7.03. The molecule has 2 nitrogen and oxygen atoms in total. The Morgan fingerprint density at radius 3 is 2.37 bits per heavy atom. The largest absolute Gasteiger partial charge is 0.372 e. The van der Waals surface area contributed by atoms with E-state index in [1.165, 1.54) is 12.1 Å². The lowest BCUT2D eigenvalue weighted by atomic mass is 10.0. The molecule has 3 heteroatoms. The molecule has 108 valence electrons. The molecule has 0 saturated heterocycles. The second-order valence-corrected chi connectivity index (χ2v) is 5.45. The third-order valence-electron chi connectivity index (χ3n) is 3.28. The van der Waals surface area contributed by atoms with E-state index in [2.05, 4.69) is 13.8 Å². The van der Waals surface area contributed by atoms with Crippen LogP contribution in [0, 0.1) is 11.7 Å². The minimum Gasteiger partial charge on any atom is -0.372 e. The molecule has 0 aromatic heterocycles. The Morgan fingerprint density at radius 2 is 1.84 bits per heavy atom. The fraction of sp³-hybridized carbons (Fsp3) is 0.625. The van der Waals surface area contributed by atoms with Crippen molar-refractivity contribution in [3.8, 4) is 0 Å². The van der Waals surface area contributed by atoms with Gasteiger partial charge in [-0.3, -0.25) is 0 Å². The number of ether oxygens (including phenoxy) is 1. The first-order valence-corrected chi connectivity index (χ1v) is 7.17. The number of rotatable bonds is 8. The molecular weight excluding hydrogens is 241 g/mol. The van der Waals surface area contributed by atoms with Gasteiger partial charge in [-0.25, -0.2) is 4.39 Å². The molecule has 0 spiro atoms. The summed E-state index contributed by atoms with van der Waals surface area (Å²) in [5.74, 6) is 0.458. The van der Waals surface area contributed by atoms with Crippen LogP contribution in [0.15, 0.2) is 24.3 Å². The summed E-state index contributed by atoms with van der Waals surface area (Å²) in [4.78, 5) is 0. The highest BCUT2D eigenvalue weighted by molar-refractivity contribution is 5.20. The second-order valence-electron chi connectivity index (χ2n) is 5.45. The smallest absolute Gasteiger partial charge is 0.123 e. The van der Waals surface area contributed by atoms with Crippen molar-refractivity contribution in [1.29, 1.82) is 0 Å². The van der Waals surface area contributed by atoms with Crippen LogP contribution in [0.3, 0.4) is 0 Å². The van der Waals surface area contributed by atoms with Crippen molar-refractivity contribution in [2.45, 2.75) is 52.2 Å². The van der Waals surface area contributed by atoms with E-state index in [9.17, 15) is 4.39 Å². The zero-order valence-corrected chi connectivity index (χ0v) is 12.2. The van der Waals surface area contributed by atoms with Crippen LogP contribution in [0.1, 0.15) is 51.7 Å². The van der Waals surface area contributed by atoms with Crippen molar-refractivity contribution in [3.05, 3.63) is 35.6 Å². The van der Waals surface area contributed by atoms with Crippen LogP contribution in [0.2, 0.25) is 0 Å². The number of benzene rings is 1. The van der Waals surface area contributed by atoms with Gasteiger partial charge in [-0.2, -0.15) is 0 Å². The number of hydrogen-bond donors (Lipinski definition) is 1. The van der Waals surface area contributed by atoms with Crippen LogP contribution in [0.4, 0.5) is 4.39 Å². The molecule has 0 saturated carbocycles. The topological polar surface area (TPSA) is 35.2 Å². The molecule has 0 radical (unpaired) electrons. The summed E-state index contributed by atoms with van der Waals surface area (Å²) in [6.07, 6.45) is 2.88. The Balaban J connectivity index is 2.59. The molecular formula is C16H26FNO. The van der Waals surface area contributed by atoms with Crippen molar-refractivity contribution in [2.24, 2.45) is 11.7 Å². The molecule has 2 N–H and O–H groups in total. The first kappa shape index (κ1) is 16.1. The van der Waals surface area contributed by atoms with E-state index in [-0.39, 0.29) is 18.0 Å². The van der Waals surface area contributed by atoms with Crippen LogP contribution in [-0.4, -0.2) is 12.6 Å². The summed E-state index contributed by atoms with van der Waals surface area (Å²) in [5, 5.41) is 0. The molecule has 2 atom stereocenters. The van der Waals surface area contributed by atoms with Gasteiger partial charge >= 0.3 is 0 Å². The zero-order valence-electron chi connectivity index (χ0n) is 12.2. The molecule has 0 amide bonds. The highest BCUT2D eigenvalue weighted by Crippen LogP contribution is 2.23. The Bertz CT molecular complexity index is 350. The first-order chi connectivity index (χ1) is 9.04. The van der Waals surface area contributed by atoms with Gasteiger partial charge in [0, 0.05) is 12.6 Å². The number of nitrogens with two attached hydrogens (primary N) is 1. The number of halogens is 1. The van der Waals surface area contributed by atoms with E-state index >= 15 is 0 Å². The Morgan fingerprint density at radius 1 is 1.21 bits per heavy atom. The fourth-order valence-electron chi connectivity index (χ4n) is 2.04. The van der Waals surface area contributed by atoms with E-state index in [0.29, 0.717) is 12.5 Å². The van der Waals surface area contributed by atoms with Gasteiger partial charge < -0.3 is 10.5 Å². The maximum Gasteiger partial charge on any atom is 0.123 e. The molecule has 1 aromatic rings. The molecule has 2 unspecified atom stereocenters. The van der Waals surface area contributed by atoms with E-state index in [4.69, 9.17) is 10.5 Å². The molecule has 0 aliphatic heterocycles. The van der Waals surface area contributed by atoms with Crippen molar-refractivity contribution < 1.29 is 9.13 Å².